The lowest BCUT2D eigenvalue weighted by atomic mass is 9.97. The molecule has 67 heavy (non-hydrogen) atoms. The topological polar surface area (TPSA) is 93.4 Å². The van der Waals surface area contributed by atoms with Crippen LogP contribution in [-0.4, -0.2) is 24.5 Å². The fourth-order valence-electron chi connectivity index (χ4n) is 8.76. The Bertz CT molecular complexity index is 3120. The molecule has 0 fully saturated rings. The lowest BCUT2D eigenvalue weighted by Crippen LogP contribution is -2.00. The molecular weight excluding hydrogens is 831 g/mol. The largest absolute Gasteiger partial charge is 0.456 e. The first kappa shape index (κ1) is 42.6. The first-order valence-electron chi connectivity index (χ1n) is 22.8. The van der Waals surface area contributed by atoms with E-state index in [0.29, 0.717) is 52.2 Å². The summed E-state index contributed by atoms with van der Waals surface area (Å²) >= 11 is 0. The quantitative estimate of drug-likeness (QED) is 0.101. The van der Waals surface area contributed by atoms with Gasteiger partial charge in [0.15, 0.2) is 0 Å². The molecule has 10 aromatic rings. The Hall–Kier alpha value is -8.30. The Kier molecular flexibility index (Phi) is 12.1. The molecule has 0 N–H and O–H groups in total. The van der Waals surface area contributed by atoms with Crippen LogP contribution in [0.5, 0.6) is 46.3 Å². The predicted octanol–water partition coefficient (Wildman–Crippen LogP) is 15.4. The van der Waals surface area contributed by atoms with Crippen LogP contribution in [0.4, 0.5) is 0 Å². The second kappa shape index (κ2) is 19.0. The Labute approximate surface area is 390 Å². The lowest BCUT2D eigenvalue weighted by Gasteiger charge is -2.17. The SMILES string of the molecule is CCCc1ccc(-c2c(C)cc(Oc3ccccn3)cc2Oc2ccc3c4ccc(Oc5cc(Oc6ccccn6)cc(C)c5-c5ccc(CCC)cc5)cc4n(-c4ncccn4)c3c2)cc1. The summed E-state index contributed by atoms with van der Waals surface area (Å²) in [7, 11) is 0. The molecule has 0 radical (unpaired) electrons. The molecule has 9 nitrogen and oxygen atoms in total. The lowest BCUT2D eigenvalue weighted by molar-refractivity contribution is 0.449. The summed E-state index contributed by atoms with van der Waals surface area (Å²) in [4.78, 5) is 18.3. The molecule has 0 saturated carbocycles. The first-order chi connectivity index (χ1) is 32.9. The van der Waals surface area contributed by atoms with Gasteiger partial charge in [0.2, 0.25) is 17.7 Å². The first-order valence-corrected chi connectivity index (χ1v) is 22.8. The minimum Gasteiger partial charge on any atom is -0.456 e. The van der Waals surface area contributed by atoms with Gasteiger partial charge in [0.05, 0.1) is 11.0 Å². The van der Waals surface area contributed by atoms with Crippen molar-refractivity contribution in [2.24, 2.45) is 0 Å². The second-order valence-electron chi connectivity index (χ2n) is 16.6. The summed E-state index contributed by atoms with van der Waals surface area (Å²) < 4.78 is 28.5. The van der Waals surface area contributed by atoms with Gasteiger partial charge in [-0.05, 0) is 115 Å². The summed E-state index contributed by atoms with van der Waals surface area (Å²) in [6.07, 6.45) is 11.2. The molecule has 0 spiro atoms. The molecule has 0 amide bonds. The molecule has 330 valence electrons. The van der Waals surface area contributed by atoms with Gasteiger partial charge in [0.25, 0.3) is 0 Å². The van der Waals surface area contributed by atoms with Crippen LogP contribution < -0.4 is 18.9 Å². The van der Waals surface area contributed by atoms with Crippen molar-refractivity contribution in [1.29, 1.82) is 0 Å². The van der Waals surface area contributed by atoms with E-state index in [1.165, 1.54) is 11.1 Å². The highest BCUT2D eigenvalue weighted by Gasteiger charge is 2.21. The number of rotatable bonds is 15. The van der Waals surface area contributed by atoms with Crippen LogP contribution in [0.15, 0.2) is 176 Å². The molecule has 0 atom stereocenters. The average Bonchev–Trinajstić information content (AvgIpc) is 3.66. The van der Waals surface area contributed by atoms with Crippen molar-refractivity contribution >= 4 is 21.8 Å². The van der Waals surface area contributed by atoms with Crippen molar-refractivity contribution in [3.63, 3.8) is 0 Å². The summed E-state index contributed by atoms with van der Waals surface area (Å²) in [5.41, 5.74) is 10.4. The van der Waals surface area contributed by atoms with E-state index in [4.69, 9.17) is 28.9 Å². The van der Waals surface area contributed by atoms with Gasteiger partial charge in [0, 0.05) is 83.1 Å². The molecule has 9 heteroatoms. The Morgan fingerprint density at radius 2 is 0.866 bits per heavy atom. The molecule has 0 aliphatic carbocycles. The fraction of sp³-hybridized carbons (Fsp3) is 0.138. The second-order valence-corrected chi connectivity index (χ2v) is 16.6. The highest BCUT2D eigenvalue weighted by atomic mass is 16.5. The number of aromatic nitrogens is 5. The van der Waals surface area contributed by atoms with Gasteiger partial charge < -0.3 is 18.9 Å². The van der Waals surface area contributed by atoms with E-state index in [9.17, 15) is 0 Å². The highest BCUT2D eigenvalue weighted by molar-refractivity contribution is 6.09. The van der Waals surface area contributed by atoms with E-state index < -0.39 is 0 Å². The third kappa shape index (κ3) is 9.17. The van der Waals surface area contributed by atoms with Crippen molar-refractivity contribution in [1.82, 2.24) is 24.5 Å². The van der Waals surface area contributed by atoms with Crippen LogP contribution in [0.25, 0.3) is 50.0 Å². The minimum atomic E-state index is 0.500. The van der Waals surface area contributed by atoms with Gasteiger partial charge in [-0.2, -0.15) is 0 Å². The van der Waals surface area contributed by atoms with Gasteiger partial charge in [-0.25, -0.2) is 19.9 Å². The summed E-state index contributed by atoms with van der Waals surface area (Å²) in [5.74, 6) is 5.35. The van der Waals surface area contributed by atoms with E-state index in [-0.39, 0.29) is 0 Å². The molecular formula is C58H49N5O4. The maximum absolute atomic E-state index is 6.94. The van der Waals surface area contributed by atoms with Crippen LogP contribution in [-0.2, 0) is 12.8 Å². The zero-order valence-corrected chi connectivity index (χ0v) is 37.9. The van der Waals surface area contributed by atoms with E-state index in [2.05, 4.69) is 103 Å². The number of aryl methyl sites for hydroxylation is 4. The molecule has 0 bridgehead atoms. The van der Waals surface area contributed by atoms with E-state index in [0.717, 1.165) is 80.9 Å². The van der Waals surface area contributed by atoms with Crippen molar-refractivity contribution in [2.45, 2.75) is 53.4 Å². The predicted molar refractivity (Wildman–Crippen MR) is 266 cm³/mol. The van der Waals surface area contributed by atoms with Crippen LogP contribution in [0, 0.1) is 13.8 Å². The normalized spacial score (nSPS) is 11.2. The minimum absolute atomic E-state index is 0.500. The van der Waals surface area contributed by atoms with E-state index in [1.54, 1.807) is 24.8 Å². The number of pyridine rings is 2. The number of benzene rings is 6. The number of hydrogen-bond donors (Lipinski definition) is 0. The van der Waals surface area contributed by atoms with Crippen molar-refractivity contribution in [3.05, 3.63) is 199 Å². The Balaban J connectivity index is 1.07. The smallest absolute Gasteiger partial charge is 0.234 e. The van der Waals surface area contributed by atoms with Gasteiger partial charge in [-0.3, -0.25) is 4.57 Å². The number of fused-ring (bicyclic) bond motifs is 3. The zero-order valence-electron chi connectivity index (χ0n) is 37.9. The number of nitrogens with zero attached hydrogens (tertiary/aromatic N) is 5. The standard InChI is InChI=1S/C58H49N5O4/c1-5-12-40-16-20-42(21-17-40)56-38(3)32-46(66-54-14-7-9-28-59-54)36-52(56)64-44-24-26-48-49-27-25-45(35-51(49)63(50(48)34-44)58-61-30-11-31-62-58)65-53-37-47(67-55-15-8-10-29-60-55)33-39(4)57(53)43-22-18-41(13-6-2)19-23-43/h7-11,14-37H,5-6,12-13H2,1-4H3. The van der Waals surface area contributed by atoms with Crippen LogP contribution in [0.1, 0.15) is 48.9 Å². The molecule has 4 aromatic heterocycles. The van der Waals surface area contributed by atoms with Gasteiger partial charge >= 0.3 is 0 Å². The fourth-order valence-corrected chi connectivity index (χ4v) is 8.76. The Morgan fingerprint density at radius 3 is 1.28 bits per heavy atom. The van der Waals surface area contributed by atoms with Gasteiger partial charge in [-0.1, -0.05) is 87.4 Å². The third-order valence-corrected chi connectivity index (χ3v) is 11.7. The molecule has 6 aromatic carbocycles. The summed E-state index contributed by atoms with van der Waals surface area (Å²) in [6.45, 7) is 8.56. The van der Waals surface area contributed by atoms with Crippen molar-refractivity contribution in [2.75, 3.05) is 0 Å². The summed E-state index contributed by atoms with van der Waals surface area (Å²) in [5, 5.41) is 2.01. The highest BCUT2D eigenvalue weighted by Crippen LogP contribution is 2.44. The van der Waals surface area contributed by atoms with Crippen molar-refractivity contribution < 1.29 is 18.9 Å². The maximum Gasteiger partial charge on any atom is 0.234 e. The molecule has 10 rings (SSSR count). The van der Waals surface area contributed by atoms with E-state index in [1.807, 2.05) is 91.0 Å². The molecule has 0 saturated heterocycles. The number of ether oxygens (including phenoxy) is 4. The molecule has 0 unspecified atom stereocenters. The summed E-state index contributed by atoms with van der Waals surface area (Å²) in [6, 6.07) is 50.7. The van der Waals surface area contributed by atoms with E-state index >= 15 is 0 Å². The molecule has 0 aliphatic rings. The Morgan fingerprint density at radius 1 is 0.418 bits per heavy atom. The monoisotopic (exact) mass is 879 g/mol. The average molecular weight is 880 g/mol. The van der Waals surface area contributed by atoms with Crippen LogP contribution >= 0.6 is 0 Å². The third-order valence-electron chi connectivity index (χ3n) is 11.7. The number of hydrogen-bond acceptors (Lipinski definition) is 8. The maximum atomic E-state index is 6.94. The van der Waals surface area contributed by atoms with Crippen molar-refractivity contribution in [3.8, 4) is 74.5 Å². The van der Waals surface area contributed by atoms with Gasteiger partial charge in [-0.15, -0.1) is 0 Å². The van der Waals surface area contributed by atoms with Crippen LogP contribution in [0.3, 0.4) is 0 Å². The van der Waals surface area contributed by atoms with Crippen LogP contribution in [0.2, 0.25) is 0 Å². The molecule has 4 heterocycles. The molecule has 0 aliphatic heterocycles. The van der Waals surface area contributed by atoms with Gasteiger partial charge in [0.1, 0.15) is 34.5 Å². The zero-order chi connectivity index (χ0) is 45.7.